The van der Waals surface area contributed by atoms with Crippen LogP contribution in [0, 0.1) is 20.8 Å². The highest BCUT2D eigenvalue weighted by Gasteiger charge is 2.30. The summed E-state index contributed by atoms with van der Waals surface area (Å²) < 4.78 is 40.3. The summed E-state index contributed by atoms with van der Waals surface area (Å²) in [5.74, 6) is 1.10. The van der Waals surface area contributed by atoms with Gasteiger partial charge in [-0.1, -0.05) is 12.1 Å². The van der Waals surface area contributed by atoms with Gasteiger partial charge in [-0.3, -0.25) is 4.68 Å². The number of rotatable bonds is 4. The standard InChI is InChI=1S/C19H20F3N5/c1-11-8-16(23-10-14-6-5-7-15(9-14)19(20,21)22)25-18(24-11)17-12(2)26-27(4)13(17)3/h5-9H,10H2,1-4H3,(H,23,24,25). The highest BCUT2D eigenvalue weighted by molar-refractivity contribution is 5.63. The largest absolute Gasteiger partial charge is 0.416 e. The first-order chi connectivity index (χ1) is 12.6. The van der Waals surface area contributed by atoms with E-state index in [1.807, 2.05) is 27.8 Å². The second-order valence-corrected chi connectivity index (χ2v) is 6.44. The van der Waals surface area contributed by atoms with Crippen LogP contribution in [0.15, 0.2) is 30.3 Å². The van der Waals surface area contributed by atoms with Crippen LogP contribution in [0.1, 0.15) is 28.2 Å². The molecule has 5 nitrogen and oxygen atoms in total. The van der Waals surface area contributed by atoms with Gasteiger partial charge >= 0.3 is 6.18 Å². The highest BCUT2D eigenvalue weighted by atomic mass is 19.4. The van der Waals surface area contributed by atoms with Gasteiger partial charge in [0.05, 0.1) is 16.8 Å². The van der Waals surface area contributed by atoms with Crippen molar-refractivity contribution in [2.24, 2.45) is 7.05 Å². The summed E-state index contributed by atoms with van der Waals surface area (Å²) in [4.78, 5) is 9.01. The Morgan fingerprint density at radius 3 is 2.44 bits per heavy atom. The van der Waals surface area contributed by atoms with Crippen LogP contribution in [0.3, 0.4) is 0 Å². The number of hydrogen-bond donors (Lipinski definition) is 1. The molecule has 0 unspecified atom stereocenters. The van der Waals surface area contributed by atoms with Crippen LogP contribution in [-0.2, 0) is 19.8 Å². The Kier molecular flexibility index (Phi) is 4.91. The number of aryl methyl sites for hydroxylation is 3. The molecule has 0 radical (unpaired) electrons. The quantitative estimate of drug-likeness (QED) is 0.733. The summed E-state index contributed by atoms with van der Waals surface area (Å²) in [6, 6.07) is 7.01. The summed E-state index contributed by atoms with van der Waals surface area (Å²) in [6.07, 6.45) is -4.36. The first kappa shape index (κ1) is 18.9. The van der Waals surface area contributed by atoms with Crippen molar-refractivity contribution >= 4 is 5.82 Å². The number of nitrogens with one attached hydrogen (secondary N) is 1. The predicted molar refractivity (Wildman–Crippen MR) is 97.2 cm³/mol. The maximum absolute atomic E-state index is 12.9. The molecule has 1 N–H and O–H groups in total. The van der Waals surface area contributed by atoms with Crippen molar-refractivity contribution in [3.63, 3.8) is 0 Å². The summed E-state index contributed by atoms with van der Waals surface area (Å²) >= 11 is 0. The minimum Gasteiger partial charge on any atom is -0.366 e. The van der Waals surface area contributed by atoms with Crippen molar-refractivity contribution in [1.29, 1.82) is 0 Å². The zero-order chi connectivity index (χ0) is 19.8. The molecule has 0 amide bonds. The second kappa shape index (κ2) is 7.02. The molecule has 0 aliphatic rings. The van der Waals surface area contributed by atoms with Crippen molar-refractivity contribution in [3.8, 4) is 11.4 Å². The molecule has 0 aliphatic carbocycles. The van der Waals surface area contributed by atoms with E-state index in [-0.39, 0.29) is 6.54 Å². The molecule has 0 bridgehead atoms. The molecule has 1 aromatic carbocycles. The molecular weight excluding hydrogens is 355 g/mol. The van der Waals surface area contributed by atoms with Crippen LogP contribution < -0.4 is 5.32 Å². The van der Waals surface area contributed by atoms with Gasteiger partial charge in [0.25, 0.3) is 0 Å². The Morgan fingerprint density at radius 2 is 1.81 bits per heavy atom. The molecule has 0 saturated heterocycles. The Balaban J connectivity index is 1.86. The van der Waals surface area contributed by atoms with Gasteiger partial charge in [0.1, 0.15) is 5.82 Å². The van der Waals surface area contributed by atoms with Crippen molar-refractivity contribution in [2.45, 2.75) is 33.5 Å². The Labute approximate surface area is 155 Å². The third-order valence-corrected chi connectivity index (χ3v) is 4.31. The normalized spacial score (nSPS) is 11.7. The maximum Gasteiger partial charge on any atom is 0.416 e. The minimum absolute atomic E-state index is 0.227. The van der Waals surface area contributed by atoms with Crippen LogP contribution in [0.5, 0.6) is 0 Å². The minimum atomic E-state index is -4.36. The molecule has 3 rings (SSSR count). The number of nitrogens with zero attached hydrogens (tertiary/aromatic N) is 4. The van der Waals surface area contributed by atoms with Gasteiger partial charge in [0, 0.05) is 31.0 Å². The van der Waals surface area contributed by atoms with Gasteiger partial charge < -0.3 is 5.32 Å². The number of benzene rings is 1. The van der Waals surface area contributed by atoms with Crippen molar-refractivity contribution in [2.75, 3.05) is 5.32 Å². The molecule has 0 saturated carbocycles. The van der Waals surface area contributed by atoms with Crippen LogP contribution in [-0.4, -0.2) is 19.7 Å². The molecule has 0 aliphatic heterocycles. The van der Waals surface area contributed by atoms with E-state index in [9.17, 15) is 13.2 Å². The van der Waals surface area contributed by atoms with Crippen LogP contribution >= 0.6 is 0 Å². The zero-order valence-corrected chi connectivity index (χ0v) is 15.5. The predicted octanol–water partition coefficient (Wildman–Crippen LogP) is 4.43. The van der Waals surface area contributed by atoms with E-state index >= 15 is 0 Å². The average molecular weight is 375 g/mol. The lowest BCUT2D eigenvalue weighted by molar-refractivity contribution is -0.137. The molecule has 0 atom stereocenters. The topological polar surface area (TPSA) is 55.6 Å². The smallest absolute Gasteiger partial charge is 0.366 e. The van der Waals surface area contributed by atoms with Gasteiger partial charge in [0.2, 0.25) is 0 Å². The Morgan fingerprint density at radius 1 is 1.07 bits per heavy atom. The summed E-state index contributed by atoms with van der Waals surface area (Å²) in [6.45, 7) is 5.91. The van der Waals surface area contributed by atoms with Crippen LogP contribution in [0.4, 0.5) is 19.0 Å². The fourth-order valence-corrected chi connectivity index (χ4v) is 2.92. The van der Waals surface area contributed by atoms with E-state index in [2.05, 4.69) is 20.4 Å². The Bertz CT molecular complexity index is 976. The molecule has 142 valence electrons. The second-order valence-electron chi connectivity index (χ2n) is 6.44. The van der Waals surface area contributed by atoms with Crippen molar-refractivity contribution in [3.05, 3.63) is 58.5 Å². The molecule has 8 heteroatoms. The molecule has 0 fully saturated rings. The zero-order valence-electron chi connectivity index (χ0n) is 15.5. The number of anilines is 1. The summed E-state index contributed by atoms with van der Waals surface area (Å²) in [5.41, 5.74) is 3.25. The van der Waals surface area contributed by atoms with Gasteiger partial charge in [-0.2, -0.15) is 18.3 Å². The Hall–Kier alpha value is -2.90. The fourth-order valence-electron chi connectivity index (χ4n) is 2.92. The fraction of sp³-hybridized carbons (Fsp3) is 0.316. The summed E-state index contributed by atoms with van der Waals surface area (Å²) in [5, 5.41) is 7.47. The average Bonchev–Trinajstić information content (AvgIpc) is 2.84. The first-order valence-electron chi connectivity index (χ1n) is 8.41. The van der Waals surface area contributed by atoms with Crippen molar-refractivity contribution in [1.82, 2.24) is 19.7 Å². The third-order valence-electron chi connectivity index (χ3n) is 4.31. The van der Waals surface area contributed by atoms with Gasteiger partial charge in [-0.25, -0.2) is 9.97 Å². The number of aromatic nitrogens is 4. The summed E-state index contributed by atoms with van der Waals surface area (Å²) in [7, 11) is 1.86. The highest BCUT2D eigenvalue weighted by Crippen LogP contribution is 2.30. The van der Waals surface area contributed by atoms with E-state index in [0.717, 1.165) is 34.8 Å². The van der Waals surface area contributed by atoms with Crippen LogP contribution in [0.25, 0.3) is 11.4 Å². The van der Waals surface area contributed by atoms with E-state index in [1.54, 1.807) is 16.8 Å². The molecule has 2 aromatic heterocycles. The van der Waals surface area contributed by atoms with Gasteiger partial charge in [0.15, 0.2) is 5.82 Å². The molecule has 2 heterocycles. The van der Waals surface area contributed by atoms with Gasteiger partial charge in [-0.15, -0.1) is 0 Å². The monoisotopic (exact) mass is 375 g/mol. The van der Waals surface area contributed by atoms with Crippen molar-refractivity contribution < 1.29 is 13.2 Å². The van der Waals surface area contributed by atoms with E-state index in [0.29, 0.717) is 17.2 Å². The first-order valence-corrected chi connectivity index (χ1v) is 8.41. The maximum atomic E-state index is 12.9. The van der Waals surface area contributed by atoms with E-state index < -0.39 is 11.7 Å². The molecule has 27 heavy (non-hydrogen) atoms. The lowest BCUT2D eigenvalue weighted by Crippen LogP contribution is -2.08. The third kappa shape index (κ3) is 4.10. The van der Waals surface area contributed by atoms with Crippen LogP contribution in [0.2, 0.25) is 0 Å². The number of alkyl halides is 3. The molecule has 0 spiro atoms. The lowest BCUT2D eigenvalue weighted by atomic mass is 10.1. The lowest BCUT2D eigenvalue weighted by Gasteiger charge is -2.11. The van der Waals surface area contributed by atoms with E-state index in [1.165, 1.54) is 6.07 Å². The molecular formula is C19H20F3N5. The molecule has 3 aromatic rings. The van der Waals surface area contributed by atoms with Gasteiger partial charge in [-0.05, 0) is 38.5 Å². The SMILES string of the molecule is Cc1cc(NCc2cccc(C(F)(F)F)c2)nc(-c2c(C)nn(C)c2C)n1. The number of halogens is 3. The number of hydrogen-bond acceptors (Lipinski definition) is 4. The van der Waals surface area contributed by atoms with E-state index in [4.69, 9.17) is 0 Å².